The molecule has 0 fully saturated rings. The standard InChI is InChI=1S/C24H30N4O4/c1-17-15-21-22(16-18(17)2)28(27-26-21)13-6-14-32-20-10-8-19(9-11-20)24(31)25-12-5-3-4-7-23(29)30/h8-11,15-16H,3-7,12-14H2,1-2H3,(H,25,31)(H,29,30). The summed E-state index contributed by atoms with van der Waals surface area (Å²) in [6.07, 6.45) is 3.13. The average Bonchev–Trinajstić information content (AvgIpc) is 3.15. The third kappa shape index (κ3) is 6.54. The van der Waals surface area contributed by atoms with Gasteiger partial charge in [0.1, 0.15) is 11.3 Å². The first-order valence-electron chi connectivity index (χ1n) is 11.0. The van der Waals surface area contributed by atoms with Gasteiger partial charge in [0, 0.05) is 31.5 Å². The second-order valence-corrected chi connectivity index (χ2v) is 7.92. The Labute approximate surface area is 187 Å². The number of rotatable bonds is 12. The summed E-state index contributed by atoms with van der Waals surface area (Å²) in [5.41, 5.74) is 4.94. The lowest BCUT2D eigenvalue weighted by molar-refractivity contribution is -0.137. The number of carbonyl (C=O) groups is 2. The zero-order valence-corrected chi connectivity index (χ0v) is 18.6. The van der Waals surface area contributed by atoms with E-state index in [-0.39, 0.29) is 12.3 Å². The highest BCUT2D eigenvalue weighted by Crippen LogP contribution is 2.18. The quantitative estimate of drug-likeness (QED) is 0.416. The van der Waals surface area contributed by atoms with Crippen LogP contribution in [0.25, 0.3) is 11.0 Å². The summed E-state index contributed by atoms with van der Waals surface area (Å²) in [6, 6.07) is 11.2. The molecule has 170 valence electrons. The maximum absolute atomic E-state index is 12.2. The highest BCUT2D eigenvalue weighted by molar-refractivity contribution is 5.94. The molecule has 0 aliphatic rings. The Bertz CT molecular complexity index is 1060. The molecule has 0 atom stereocenters. The number of carboxylic acids is 1. The van der Waals surface area contributed by atoms with Crippen LogP contribution in [0.1, 0.15) is 53.6 Å². The molecule has 0 radical (unpaired) electrons. The number of ether oxygens (including phenoxy) is 1. The topological polar surface area (TPSA) is 106 Å². The van der Waals surface area contributed by atoms with E-state index in [9.17, 15) is 9.59 Å². The van der Waals surface area contributed by atoms with Gasteiger partial charge in [-0.2, -0.15) is 0 Å². The minimum Gasteiger partial charge on any atom is -0.494 e. The van der Waals surface area contributed by atoms with Crippen LogP contribution >= 0.6 is 0 Å². The van der Waals surface area contributed by atoms with Crippen molar-refractivity contribution >= 4 is 22.9 Å². The van der Waals surface area contributed by atoms with Crippen molar-refractivity contribution in [2.45, 2.75) is 52.5 Å². The molecule has 0 saturated carbocycles. The number of nitrogens with one attached hydrogen (secondary N) is 1. The van der Waals surface area contributed by atoms with E-state index in [1.54, 1.807) is 24.3 Å². The number of hydrogen-bond acceptors (Lipinski definition) is 5. The molecule has 3 rings (SSSR count). The summed E-state index contributed by atoms with van der Waals surface area (Å²) in [4.78, 5) is 22.7. The SMILES string of the molecule is Cc1cc2nnn(CCCOc3ccc(C(=O)NCCCCCC(=O)O)cc3)c2cc1C. The van der Waals surface area contributed by atoms with Crippen molar-refractivity contribution in [2.75, 3.05) is 13.2 Å². The maximum atomic E-state index is 12.2. The summed E-state index contributed by atoms with van der Waals surface area (Å²) in [6.45, 7) is 5.94. The van der Waals surface area contributed by atoms with Gasteiger partial charge in [0.05, 0.1) is 12.1 Å². The fourth-order valence-electron chi connectivity index (χ4n) is 3.38. The van der Waals surface area contributed by atoms with Crippen LogP contribution in [-0.4, -0.2) is 45.1 Å². The van der Waals surface area contributed by atoms with Crippen molar-refractivity contribution in [2.24, 2.45) is 0 Å². The van der Waals surface area contributed by atoms with E-state index in [0.29, 0.717) is 37.4 Å². The number of unbranched alkanes of at least 4 members (excludes halogenated alkanes) is 2. The summed E-state index contributed by atoms with van der Waals surface area (Å²) >= 11 is 0. The van der Waals surface area contributed by atoms with Gasteiger partial charge >= 0.3 is 5.97 Å². The van der Waals surface area contributed by atoms with Crippen LogP contribution in [0.3, 0.4) is 0 Å². The van der Waals surface area contributed by atoms with Crippen LogP contribution in [0.4, 0.5) is 0 Å². The van der Waals surface area contributed by atoms with Gasteiger partial charge in [-0.3, -0.25) is 9.59 Å². The van der Waals surface area contributed by atoms with Gasteiger partial charge < -0.3 is 15.2 Å². The molecule has 0 unspecified atom stereocenters. The fourth-order valence-corrected chi connectivity index (χ4v) is 3.38. The van der Waals surface area contributed by atoms with Crippen LogP contribution in [0.5, 0.6) is 5.75 Å². The summed E-state index contributed by atoms with van der Waals surface area (Å²) in [5.74, 6) is -0.211. The molecule has 0 bridgehead atoms. The lowest BCUT2D eigenvalue weighted by Crippen LogP contribution is -2.24. The molecule has 3 aromatic rings. The van der Waals surface area contributed by atoms with Gasteiger partial charge in [-0.25, -0.2) is 4.68 Å². The predicted octanol–water partition coefficient (Wildman–Crippen LogP) is 3.89. The Kier molecular flexibility index (Phi) is 8.19. The van der Waals surface area contributed by atoms with Crippen molar-refractivity contribution in [1.82, 2.24) is 20.3 Å². The first-order valence-corrected chi connectivity index (χ1v) is 11.0. The van der Waals surface area contributed by atoms with Gasteiger partial charge in [-0.15, -0.1) is 5.10 Å². The zero-order chi connectivity index (χ0) is 22.9. The Morgan fingerprint density at radius 2 is 1.78 bits per heavy atom. The Morgan fingerprint density at radius 3 is 2.53 bits per heavy atom. The normalized spacial score (nSPS) is 10.9. The molecule has 1 amide bonds. The van der Waals surface area contributed by atoms with Crippen LogP contribution in [0.2, 0.25) is 0 Å². The zero-order valence-electron chi connectivity index (χ0n) is 18.6. The summed E-state index contributed by atoms with van der Waals surface area (Å²) in [5, 5.41) is 19.9. The number of amides is 1. The van der Waals surface area contributed by atoms with Gasteiger partial charge in [0.15, 0.2) is 0 Å². The van der Waals surface area contributed by atoms with E-state index in [1.807, 2.05) is 4.68 Å². The number of aryl methyl sites for hydroxylation is 3. The number of benzene rings is 2. The van der Waals surface area contributed by atoms with Crippen molar-refractivity contribution in [3.8, 4) is 5.75 Å². The van der Waals surface area contributed by atoms with Crippen LogP contribution in [0.15, 0.2) is 36.4 Å². The molecule has 1 aromatic heterocycles. The number of fused-ring (bicyclic) bond motifs is 1. The maximum Gasteiger partial charge on any atom is 0.303 e. The molecule has 0 aliphatic heterocycles. The molecule has 8 heteroatoms. The molecule has 8 nitrogen and oxygen atoms in total. The summed E-state index contributed by atoms with van der Waals surface area (Å²) < 4.78 is 7.70. The first kappa shape index (κ1) is 23.2. The largest absolute Gasteiger partial charge is 0.494 e. The molecular weight excluding hydrogens is 408 g/mol. The van der Waals surface area contributed by atoms with Crippen LogP contribution in [-0.2, 0) is 11.3 Å². The van der Waals surface area contributed by atoms with Gasteiger partial charge in [-0.1, -0.05) is 11.6 Å². The fraction of sp³-hybridized carbons (Fsp3) is 0.417. The van der Waals surface area contributed by atoms with E-state index in [4.69, 9.17) is 9.84 Å². The Balaban J connectivity index is 1.38. The van der Waals surface area contributed by atoms with E-state index < -0.39 is 5.97 Å². The molecular formula is C24H30N4O4. The number of aliphatic carboxylic acids is 1. The average molecular weight is 439 g/mol. The molecule has 0 spiro atoms. The van der Waals surface area contributed by atoms with E-state index in [2.05, 4.69) is 41.6 Å². The molecule has 0 saturated heterocycles. The van der Waals surface area contributed by atoms with Crippen molar-refractivity contribution in [3.05, 3.63) is 53.1 Å². The molecule has 32 heavy (non-hydrogen) atoms. The molecule has 2 N–H and O–H groups in total. The smallest absolute Gasteiger partial charge is 0.303 e. The second-order valence-electron chi connectivity index (χ2n) is 7.92. The predicted molar refractivity (Wildman–Crippen MR) is 122 cm³/mol. The van der Waals surface area contributed by atoms with Crippen molar-refractivity contribution in [1.29, 1.82) is 0 Å². The first-order chi connectivity index (χ1) is 15.4. The summed E-state index contributed by atoms with van der Waals surface area (Å²) in [7, 11) is 0. The minimum atomic E-state index is -0.784. The highest BCUT2D eigenvalue weighted by atomic mass is 16.5. The molecule has 1 heterocycles. The van der Waals surface area contributed by atoms with E-state index >= 15 is 0 Å². The van der Waals surface area contributed by atoms with Crippen molar-refractivity contribution < 1.29 is 19.4 Å². The van der Waals surface area contributed by atoms with Crippen LogP contribution < -0.4 is 10.1 Å². The van der Waals surface area contributed by atoms with E-state index in [1.165, 1.54) is 11.1 Å². The second kappa shape index (κ2) is 11.3. The van der Waals surface area contributed by atoms with Gasteiger partial charge in [0.2, 0.25) is 0 Å². The molecule has 0 aliphatic carbocycles. The number of nitrogens with zero attached hydrogens (tertiary/aromatic N) is 3. The molecule has 2 aromatic carbocycles. The number of carboxylic acid groups (broad SMARTS) is 1. The monoisotopic (exact) mass is 438 g/mol. The third-order valence-corrected chi connectivity index (χ3v) is 5.38. The number of carbonyl (C=O) groups excluding carboxylic acids is 1. The Morgan fingerprint density at radius 1 is 1.03 bits per heavy atom. The highest BCUT2D eigenvalue weighted by Gasteiger charge is 2.08. The lowest BCUT2D eigenvalue weighted by atomic mass is 10.1. The third-order valence-electron chi connectivity index (χ3n) is 5.38. The minimum absolute atomic E-state index is 0.140. The van der Waals surface area contributed by atoms with Crippen molar-refractivity contribution in [3.63, 3.8) is 0 Å². The Hall–Kier alpha value is -3.42. The van der Waals surface area contributed by atoms with Gasteiger partial charge in [0.25, 0.3) is 5.91 Å². The number of aromatic nitrogens is 3. The van der Waals surface area contributed by atoms with Crippen LogP contribution in [0, 0.1) is 13.8 Å². The van der Waals surface area contributed by atoms with Gasteiger partial charge in [-0.05, 0) is 74.2 Å². The van der Waals surface area contributed by atoms with E-state index in [0.717, 1.165) is 30.3 Å². The number of hydrogen-bond donors (Lipinski definition) is 2. The lowest BCUT2D eigenvalue weighted by Gasteiger charge is -2.09.